The van der Waals surface area contributed by atoms with Gasteiger partial charge in [-0.25, -0.2) is 4.98 Å². The van der Waals surface area contributed by atoms with E-state index in [0.29, 0.717) is 0 Å². The first-order valence-corrected chi connectivity index (χ1v) is 6.53. The van der Waals surface area contributed by atoms with Crippen molar-refractivity contribution >= 4 is 23.1 Å². The number of carbonyl (C=O) groups excluding carboxylic acids is 1. The standard InChI is InChI=1S/C14H10N6O5/c15-5-8(14(23)19-11-6-17-1-2-18-11)12(16)7-3-9(20(24)25)13(22)10(21)4-7/h1-4,6,21-22H,16H2,(H,18,19,23)/b12-8-. The number of aromatic nitrogens is 2. The summed E-state index contributed by atoms with van der Waals surface area (Å²) in [4.78, 5) is 29.6. The molecule has 0 aliphatic rings. The molecule has 0 aliphatic heterocycles. The third kappa shape index (κ3) is 3.59. The molecule has 0 atom stereocenters. The number of nitriles is 1. The summed E-state index contributed by atoms with van der Waals surface area (Å²) in [6, 6.07) is 3.31. The molecule has 1 aromatic heterocycles. The fourth-order valence-corrected chi connectivity index (χ4v) is 1.82. The zero-order chi connectivity index (χ0) is 18.6. The summed E-state index contributed by atoms with van der Waals surface area (Å²) in [5.74, 6) is -2.63. The summed E-state index contributed by atoms with van der Waals surface area (Å²) < 4.78 is 0. The van der Waals surface area contributed by atoms with Crippen LogP contribution in [0.25, 0.3) is 5.70 Å². The zero-order valence-electron chi connectivity index (χ0n) is 12.4. The summed E-state index contributed by atoms with van der Waals surface area (Å²) >= 11 is 0. The molecular formula is C14H10N6O5. The van der Waals surface area contributed by atoms with E-state index in [1.807, 2.05) is 0 Å². The van der Waals surface area contributed by atoms with E-state index in [0.717, 1.165) is 12.1 Å². The number of nitrogens with one attached hydrogen (secondary N) is 1. The quantitative estimate of drug-likeness (QED) is 0.203. The van der Waals surface area contributed by atoms with Crippen molar-refractivity contribution in [3.8, 4) is 17.6 Å². The Labute approximate surface area is 139 Å². The molecule has 0 radical (unpaired) electrons. The van der Waals surface area contributed by atoms with Crippen molar-refractivity contribution in [2.24, 2.45) is 5.73 Å². The molecular weight excluding hydrogens is 332 g/mol. The van der Waals surface area contributed by atoms with Gasteiger partial charge >= 0.3 is 5.69 Å². The number of anilines is 1. The highest BCUT2D eigenvalue weighted by atomic mass is 16.6. The van der Waals surface area contributed by atoms with Gasteiger partial charge in [0.05, 0.1) is 16.8 Å². The van der Waals surface area contributed by atoms with Crippen LogP contribution in [-0.2, 0) is 4.79 Å². The highest BCUT2D eigenvalue weighted by Gasteiger charge is 2.22. The highest BCUT2D eigenvalue weighted by molar-refractivity contribution is 6.11. The van der Waals surface area contributed by atoms with Gasteiger partial charge in [-0.2, -0.15) is 5.26 Å². The van der Waals surface area contributed by atoms with E-state index < -0.39 is 39.3 Å². The van der Waals surface area contributed by atoms with Gasteiger partial charge in [-0.3, -0.25) is 19.9 Å². The second-order valence-corrected chi connectivity index (χ2v) is 4.57. The van der Waals surface area contributed by atoms with E-state index in [1.54, 1.807) is 6.07 Å². The Bertz CT molecular complexity index is 919. The number of amides is 1. The number of phenols is 2. The smallest absolute Gasteiger partial charge is 0.315 e. The Hall–Kier alpha value is -4.20. The van der Waals surface area contributed by atoms with E-state index in [1.165, 1.54) is 18.6 Å². The van der Waals surface area contributed by atoms with Gasteiger partial charge in [0.15, 0.2) is 11.6 Å². The molecule has 11 nitrogen and oxygen atoms in total. The fraction of sp³-hybridized carbons (Fsp3) is 0. The summed E-state index contributed by atoms with van der Waals surface area (Å²) in [6.07, 6.45) is 3.93. The molecule has 126 valence electrons. The van der Waals surface area contributed by atoms with Crippen LogP contribution in [-0.4, -0.2) is 31.0 Å². The Morgan fingerprint density at radius 2 is 2.08 bits per heavy atom. The second-order valence-electron chi connectivity index (χ2n) is 4.57. The zero-order valence-corrected chi connectivity index (χ0v) is 12.4. The SMILES string of the molecule is N#C/C(C(=O)Nc1cnccn1)=C(/N)c1cc(O)c(O)c([N+](=O)[O-])c1. The third-order valence-electron chi connectivity index (χ3n) is 2.99. The number of nitrogens with zero attached hydrogens (tertiary/aromatic N) is 4. The van der Waals surface area contributed by atoms with Crippen molar-refractivity contribution in [2.45, 2.75) is 0 Å². The fourth-order valence-electron chi connectivity index (χ4n) is 1.82. The van der Waals surface area contributed by atoms with Crippen molar-refractivity contribution in [1.29, 1.82) is 5.26 Å². The first kappa shape index (κ1) is 17.2. The number of aromatic hydroxyl groups is 2. The van der Waals surface area contributed by atoms with Gasteiger partial charge in [0, 0.05) is 24.0 Å². The van der Waals surface area contributed by atoms with Crippen molar-refractivity contribution in [1.82, 2.24) is 9.97 Å². The molecule has 0 unspecified atom stereocenters. The van der Waals surface area contributed by atoms with Crippen LogP contribution in [0.5, 0.6) is 11.5 Å². The highest BCUT2D eigenvalue weighted by Crippen LogP contribution is 2.37. The largest absolute Gasteiger partial charge is 0.504 e. The monoisotopic (exact) mass is 342 g/mol. The molecule has 1 amide bonds. The van der Waals surface area contributed by atoms with Crippen LogP contribution in [0.1, 0.15) is 5.56 Å². The number of benzene rings is 1. The molecule has 0 spiro atoms. The number of nitrogens with two attached hydrogens (primary N) is 1. The molecule has 1 aromatic carbocycles. The Morgan fingerprint density at radius 1 is 1.36 bits per heavy atom. The summed E-state index contributed by atoms with van der Waals surface area (Å²) in [5, 5.41) is 41.4. The van der Waals surface area contributed by atoms with E-state index in [4.69, 9.17) is 5.73 Å². The maximum Gasteiger partial charge on any atom is 0.315 e. The van der Waals surface area contributed by atoms with Gasteiger partial charge in [0.2, 0.25) is 5.75 Å². The van der Waals surface area contributed by atoms with Crippen LogP contribution in [0.2, 0.25) is 0 Å². The molecule has 25 heavy (non-hydrogen) atoms. The second kappa shape index (κ2) is 6.92. The first-order valence-electron chi connectivity index (χ1n) is 6.53. The maximum absolute atomic E-state index is 12.1. The lowest BCUT2D eigenvalue weighted by molar-refractivity contribution is -0.386. The van der Waals surface area contributed by atoms with Crippen molar-refractivity contribution < 1.29 is 19.9 Å². The minimum Gasteiger partial charge on any atom is -0.504 e. The summed E-state index contributed by atoms with van der Waals surface area (Å²) in [5.41, 5.74) is 3.73. The van der Waals surface area contributed by atoms with Crippen LogP contribution in [0.3, 0.4) is 0 Å². The molecule has 2 rings (SSSR count). The van der Waals surface area contributed by atoms with Gasteiger partial charge in [0.25, 0.3) is 5.91 Å². The van der Waals surface area contributed by atoms with Crippen molar-refractivity contribution in [2.75, 3.05) is 5.32 Å². The molecule has 5 N–H and O–H groups in total. The van der Waals surface area contributed by atoms with E-state index in [-0.39, 0.29) is 11.4 Å². The van der Waals surface area contributed by atoms with Crippen molar-refractivity contribution in [3.05, 3.63) is 52.0 Å². The summed E-state index contributed by atoms with van der Waals surface area (Å²) in [7, 11) is 0. The maximum atomic E-state index is 12.1. The Balaban J connectivity index is 2.47. The molecule has 0 saturated heterocycles. The summed E-state index contributed by atoms with van der Waals surface area (Å²) in [6.45, 7) is 0. The lowest BCUT2D eigenvalue weighted by atomic mass is 10.1. The number of nitro benzene ring substituents is 1. The minimum atomic E-state index is -0.955. The van der Waals surface area contributed by atoms with Gasteiger partial charge in [-0.1, -0.05) is 0 Å². The van der Waals surface area contributed by atoms with E-state index in [9.17, 15) is 30.4 Å². The lowest BCUT2D eigenvalue weighted by Gasteiger charge is -2.08. The average Bonchev–Trinajstić information content (AvgIpc) is 2.58. The number of rotatable bonds is 4. The number of phenolic OH excluding ortho intramolecular Hbond substituents is 2. The minimum absolute atomic E-state index is 0.0626. The number of nitro groups is 1. The number of hydrogen-bond acceptors (Lipinski definition) is 9. The van der Waals surface area contributed by atoms with Crippen LogP contribution in [0, 0.1) is 21.4 Å². The predicted molar refractivity (Wildman–Crippen MR) is 83.8 cm³/mol. The number of carbonyl (C=O) groups is 1. The van der Waals surface area contributed by atoms with Gasteiger partial charge in [-0.05, 0) is 6.07 Å². The number of hydrogen-bond donors (Lipinski definition) is 4. The first-order chi connectivity index (χ1) is 11.8. The van der Waals surface area contributed by atoms with Crippen LogP contribution in [0.4, 0.5) is 11.5 Å². The lowest BCUT2D eigenvalue weighted by Crippen LogP contribution is -2.18. The average molecular weight is 342 g/mol. The molecule has 11 heteroatoms. The van der Waals surface area contributed by atoms with E-state index >= 15 is 0 Å². The van der Waals surface area contributed by atoms with Gasteiger partial charge in [0.1, 0.15) is 11.6 Å². The van der Waals surface area contributed by atoms with Crippen LogP contribution >= 0.6 is 0 Å². The molecule has 0 fully saturated rings. The van der Waals surface area contributed by atoms with E-state index in [2.05, 4.69) is 15.3 Å². The Kier molecular flexibility index (Phi) is 4.75. The molecule has 2 aromatic rings. The molecule has 0 bridgehead atoms. The third-order valence-corrected chi connectivity index (χ3v) is 2.99. The normalized spacial score (nSPS) is 11.2. The van der Waals surface area contributed by atoms with Gasteiger partial charge < -0.3 is 21.3 Å². The molecule has 0 saturated carbocycles. The van der Waals surface area contributed by atoms with Gasteiger partial charge in [-0.15, -0.1) is 0 Å². The molecule has 0 aliphatic carbocycles. The topological polar surface area (TPSA) is 188 Å². The van der Waals surface area contributed by atoms with Crippen LogP contribution < -0.4 is 11.1 Å². The Morgan fingerprint density at radius 3 is 2.64 bits per heavy atom. The molecule has 1 heterocycles. The van der Waals surface area contributed by atoms with Crippen molar-refractivity contribution in [3.63, 3.8) is 0 Å². The predicted octanol–water partition coefficient (Wildman–Crippen LogP) is 0.628. The van der Waals surface area contributed by atoms with Crippen LogP contribution in [0.15, 0.2) is 36.3 Å².